The Kier molecular flexibility index (Phi) is 8.10. The lowest BCUT2D eigenvalue weighted by atomic mass is 10.0. The minimum absolute atomic E-state index is 0.186. The van der Waals surface area contributed by atoms with Crippen molar-refractivity contribution in [3.63, 3.8) is 0 Å². The lowest BCUT2D eigenvalue weighted by molar-refractivity contribution is -0.137. The first-order valence-corrected chi connectivity index (χ1v) is 13.4. The number of halogens is 4. The van der Waals surface area contributed by atoms with Crippen molar-refractivity contribution in [3.05, 3.63) is 35.4 Å². The summed E-state index contributed by atoms with van der Waals surface area (Å²) in [6, 6.07) is 4.84. The third-order valence-electron chi connectivity index (χ3n) is 5.58. The van der Waals surface area contributed by atoms with Gasteiger partial charge in [0.1, 0.15) is 3.26 Å². The van der Waals surface area contributed by atoms with Crippen LogP contribution in [0.25, 0.3) is 11.3 Å². The molecule has 1 saturated heterocycles. The van der Waals surface area contributed by atoms with Crippen LogP contribution in [0.5, 0.6) is 0 Å². The predicted molar refractivity (Wildman–Crippen MR) is 132 cm³/mol. The molecular formula is C21H27F3IN5O2S. The summed E-state index contributed by atoms with van der Waals surface area (Å²) in [5.41, 5.74) is 0.133. The van der Waals surface area contributed by atoms with Gasteiger partial charge < -0.3 is 10.2 Å². The Labute approximate surface area is 205 Å². The van der Waals surface area contributed by atoms with Gasteiger partial charge in [-0.15, -0.1) is 10.2 Å². The molecule has 7 nitrogen and oxygen atoms in total. The smallest absolute Gasteiger partial charge is 0.364 e. The second kappa shape index (κ2) is 10.3. The molecule has 3 rings (SSSR count). The third kappa shape index (κ3) is 6.47. The fraction of sp³-hybridized carbons (Fsp3) is 0.524. The van der Waals surface area contributed by atoms with Gasteiger partial charge in [0.15, 0.2) is 5.82 Å². The topological polar surface area (TPSA) is 87.2 Å². The number of likely N-dealkylation sites (tertiary alicyclic amines) is 1. The molecule has 1 aromatic carbocycles. The third-order valence-corrected chi connectivity index (χ3v) is 8.95. The standard InChI is InChI=1S/C21H27F3IN5O2S/c1-4-30-9-5-6-16(12-30)26-20-13(2)10-18(27-28-20)17-8-7-15(21(22,23)24)11-19(17)29-33(31,32)14(3)25/h7-8,10-11,14,16,29H,4-6,9,12H2,1-3H3,(H,26,28)/t14?,16-/m1/s1. The van der Waals surface area contributed by atoms with Crippen LogP contribution >= 0.6 is 22.6 Å². The van der Waals surface area contributed by atoms with E-state index in [2.05, 4.69) is 32.1 Å². The van der Waals surface area contributed by atoms with Crippen LogP contribution in [0.1, 0.15) is 37.8 Å². The van der Waals surface area contributed by atoms with Crippen molar-refractivity contribution in [3.8, 4) is 11.3 Å². The molecule has 0 amide bonds. The van der Waals surface area contributed by atoms with E-state index in [-0.39, 0.29) is 23.0 Å². The highest BCUT2D eigenvalue weighted by atomic mass is 127. The van der Waals surface area contributed by atoms with Gasteiger partial charge in [-0.1, -0.05) is 35.6 Å². The van der Waals surface area contributed by atoms with Gasteiger partial charge in [-0.3, -0.25) is 4.72 Å². The molecule has 0 bridgehead atoms. The van der Waals surface area contributed by atoms with E-state index < -0.39 is 25.0 Å². The molecule has 2 atom stereocenters. The SMILES string of the molecule is CCN1CCC[C@@H](Nc2nnc(-c3ccc(C(F)(F)F)cc3NS(=O)(=O)C(C)I)cc2C)C1. The first-order valence-electron chi connectivity index (χ1n) is 10.6. The van der Waals surface area contributed by atoms with E-state index in [9.17, 15) is 21.6 Å². The van der Waals surface area contributed by atoms with Crippen molar-refractivity contribution >= 4 is 44.1 Å². The highest BCUT2D eigenvalue weighted by Gasteiger charge is 2.32. The highest BCUT2D eigenvalue weighted by molar-refractivity contribution is 14.1. The number of aromatic nitrogens is 2. The minimum Gasteiger partial charge on any atom is -0.364 e. The summed E-state index contributed by atoms with van der Waals surface area (Å²) in [5, 5.41) is 11.9. The molecule has 1 aliphatic heterocycles. The van der Waals surface area contributed by atoms with Crippen molar-refractivity contribution in [2.75, 3.05) is 29.7 Å². The van der Waals surface area contributed by atoms with Gasteiger partial charge in [0.2, 0.25) is 10.0 Å². The van der Waals surface area contributed by atoms with Gasteiger partial charge in [0.25, 0.3) is 0 Å². The molecular weight excluding hydrogens is 570 g/mol. The van der Waals surface area contributed by atoms with E-state index >= 15 is 0 Å². The van der Waals surface area contributed by atoms with Gasteiger partial charge in [-0.05, 0) is 63.5 Å². The number of nitrogens with one attached hydrogen (secondary N) is 2. The van der Waals surface area contributed by atoms with Gasteiger partial charge in [-0.25, -0.2) is 8.42 Å². The summed E-state index contributed by atoms with van der Waals surface area (Å²) in [5.74, 6) is 0.608. The van der Waals surface area contributed by atoms with Crippen LogP contribution < -0.4 is 10.0 Å². The summed E-state index contributed by atoms with van der Waals surface area (Å²) in [6.45, 7) is 8.34. The largest absolute Gasteiger partial charge is 0.416 e. The Balaban J connectivity index is 1.94. The number of alkyl halides is 4. The average molecular weight is 597 g/mol. The summed E-state index contributed by atoms with van der Waals surface area (Å²) in [7, 11) is -3.89. The molecule has 1 aliphatic rings. The van der Waals surface area contributed by atoms with E-state index in [1.165, 1.54) is 13.0 Å². The summed E-state index contributed by atoms with van der Waals surface area (Å²) in [6.07, 6.45) is -2.52. The Hall–Kier alpha value is -1.67. The molecule has 12 heteroatoms. The van der Waals surface area contributed by atoms with Crippen LogP contribution in [-0.4, -0.2) is 52.4 Å². The number of piperidine rings is 1. The Morgan fingerprint density at radius 3 is 2.61 bits per heavy atom. The maximum absolute atomic E-state index is 13.3. The van der Waals surface area contributed by atoms with Crippen LogP contribution in [0.3, 0.4) is 0 Å². The quantitative estimate of drug-likeness (QED) is 0.349. The number of anilines is 2. The zero-order chi connectivity index (χ0) is 24.4. The normalized spacial score (nSPS) is 18.7. The number of likely N-dealkylation sites (N-methyl/N-ethyl adjacent to an activating group) is 1. The van der Waals surface area contributed by atoms with Gasteiger partial charge >= 0.3 is 6.18 Å². The average Bonchev–Trinajstić information content (AvgIpc) is 2.74. The lowest BCUT2D eigenvalue weighted by Gasteiger charge is -2.32. The molecule has 182 valence electrons. The second-order valence-corrected chi connectivity index (χ2v) is 12.8. The van der Waals surface area contributed by atoms with Crippen molar-refractivity contribution in [2.24, 2.45) is 0 Å². The number of aryl methyl sites for hydroxylation is 1. The predicted octanol–water partition coefficient (Wildman–Crippen LogP) is 4.89. The van der Waals surface area contributed by atoms with E-state index in [1.807, 2.05) is 6.92 Å². The summed E-state index contributed by atoms with van der Waals surface area (Å²) < 4.78 is 66.0. The first kappa shape index (κ1) is 25.9. The molecule has 2 heterocycles. The Morgan fingerprint density at radius 1 is 1.27 bits per heavy atom. The molecule has 2 N–H and O–H groups in total. The van der Waals surface area contributed by atoms with Crippen LogP contribution in [0.2, 0.25) is 0 Å². The first-order chi connectivity index (χ1) is 15.4. The Morgan fingerprint density at radius 2 is 2.00 bits per heavy atom. The number of hydrogen-bond donors (Lipinski definition) is 2. The zero-order valence-corrected chi connectivity index (χ0v) is 21.6. The number of nitrogens with zero attached hydrogens (tertiary/aromatic N) is 3. The van der Waals surface area contributed by atoms with E-state index in [4.69, 9.17) is 0 Å². The number of hydrogen-bond acceptors (Lipinski definition) is 6. The van der Waals surface area contributed by atoms with Crippen LogP contribution in [0, 0.1) is 6.92 Å². The molecule has 1 aromatic heterocycles. The maximum atomic E-state index is 13.3. The van der Waals surface area contributed by atoms with Crippen molar-refractivity contribution < 1.29 is 21.6 Å². The minimum atomic E-state index is -4.61. The van der Waals surface area contributed by atoms with Gasteiger partial charge in [-0.2, -0.15) is 13.2 Å². The molecule has 0 saturated carbocycles. The van der Waals surface area contributed by atoms with Crippen molar-refractivity contribution in [1.29, 1.82) is 0 Å². The van der Waals surface area contributed by atoms with Gasteiger partial charge in [0, 0.05) is 18.2 Å². The molecule has 1 fully saturated rings. The van der Waals surface area contributed by atoms with Crippen molar-refractivity contribution in [1.82, 2.24) is 15.1 Å². The molecule has 0 aliphatic carbocycles. The van der Waals surface area contributed by atoms with E-state index in [1.54, 1.807) is 28.7 Å². The second-order valence-electron chi connectivity index (χ2n) is 8.09. The van der Waals surface area contributed by atoms with E-state index in [0.717, 1.165) is 50.2 Å². The number of benzene rings is 1. The molecule has 2 aromatic rings. The monoisotopic (exact) mass is 597 g/mol. The highest BCUT2D eigenvalue weighted by Crippen LogP contribution is 2.36. The Bertz CT molecular complexity index is 1100. The summed E-state index contributed by atoms with van der Waals surface area (Å²) in [4.78, 5) is 2.35. The van der Waals surface area contributed by atoms with Crippen LogP contribution in [-0.2, 0) is 16.2 Å². The fourth-order valence-corrected chi connectivity index (χ4v) is 4.70. The zero-order valence-electron chi connectivity index (χ0n) is 18.6. The molecule has 1 unspecified atom stereocenters. The van der Waals surface area contributed by atoms with Crippen molar-refractivity contribution in [2.45, 2.75) is 49.1 Å². The van der Waals surface area contributed by atoms with E-state index in [0.29, 0.717) is 5.82 Å². The molecule has 33 heavy (non-hydrogen) atoms. The van der Waals surface area contributed by atoms with Crippen LogP contribution in [0.4, 0.5) is 24.7 Å². The van der Waals surface area contributed by atoms with Crippen LogP contribution in [0.15, 0.2) is 24.3 Å². The number of sulfonamides is 1. The lowest BCUT2D eigenvalue weighted by Crippen LogP contribution is -2.42. The molecule has 0 radical (unpaired) electrons. The number of rotatable bonds is 7. The maximum Gasteiger partial charge on any atom is 0.416 e. The molecule has 0 spiro atoms. The fourth-order valence-electron chi connectivity index (χ4n) is 3.68. The summed E-state index contributed by atoms with van der Waals surface area (Å²) >= 11 is 1.69. The van der Waals surface area contributed by atoms with Gasteiger partial charge in [0.05, 0.1) is 16.9 Å².